The van der Waals surface area contributed by atoms with Crippen LogP contribution in [0.3, 0.4) is 0 Å². The number of hydrogen-bond donors (Lipinski definition) is 1. The summed E-state index contributed by atoms with van der Waals surface area (Å²) in [6.07, 6.45) is 10.9. The molecule has 0 amide bonds. The van der Waals surface area contributed by atoms with Gasteiger partial charge in [-0.2, -0.15) is 0 Å². The Morgan fingerprint density at radius 1 is 1.15 bits per heavy atom. The monoisotopic (exact) mass is 280 g/mol. The second-order valence-corrected chi connectivity index (χ2v) is 8.21. The van der Waals surface area contributed by atoms with Crippen molar-refractivity contribution in [2.75, 3.05) is 19.6 Å². The summed E-state index contributed by atoms with van der Waals surface area (Å²) < 4.78 is 0. The van der Waals surface area contributed by atoms with E-state index in [1.54, 1.807) is 0 Å². The fourth-order valence-corrected chi connectivity index (χ4v) is 4.26. The van der Waals surface area contributed by atoms with Crippen molar-refractivity contribution in [3.8, 4) is 0 Å². The SMILES string of the molecule is CCCC1CCC(N)C(CN2CCCC(C)(C)CC2)C1. The van der Waals surface area contributed by atoms with Crippen molar-refractivity contribution in [2.24, 2.45) is 23.0 Å². The van der Waals surface area contributed by atoms with Gasteiger partial charge in [0.15, 0.2) is 0 Å². The van der Waals surface area contributed by atoms with Gasteiger partial charge in [-0.15, -0.1) is 0 Å². The van der Waals surface area contributed by atoms with Crippen LogP contribution in [0.1, 0.15) is 72.1 Å². The predicted octanol–water partition coefficient (Wildman–Crippen LogP) is 4.04. The minimum atomic E-state index is 0.458. The largest absolute Gasteiger partial charge is 0.327 e. The van der Waals surface area contributed by atoms with Crippen molar-refractivity contribution in [1.29, 1.82) is 0 Å². The van der Waals surface area contributed by atoms with Crippen LogP contribution in [0.5, 0.6) is 0 Å². The van der Waals surface area contributed by atoms with E-state index in [-0.39, 0.29) is 0 Å². The molecule has 3 atom stereocenters. The van der Waals surface area contributed by atoms with Crippen LogP contribution in [0.15, 0.2) is 0 Å². The van der Waals surface area contributed by atoms with E-state index in [9.17, 15) is 0 Å². The summed E-state index contributed by atoms with van der Waals surface area (Å²) in [4.78, 5) is 2.72. The maximum absolute atomic E-state index is 6.42. The molecular formula is C18H36N2. The van der Waals surface area contributed by atoms with Gasteiger partial charge in [0.25, 0.3) is 0 Å². The average molecular weight is 280 g/mol. The molecule has 0 aromatic rings. The minimum Gasteiger partial charge on any atom is -0.327 e. The number of likely N-dealkylation sites (tertiary alicyclic amines) is 1. The van der Waals surface area contributed by atoms with Crippen molar-refractivity contribution in [3.05, 3.63) is 0 Å². The molecule has 1 saturated heterocycles. The quantitative estimate of drug-likeness (QED) is 0.842. The standard InChI is InChI=1S/C18H36N2/c1-4-6-15-7-8-17(19)16(13-15)14-20-11-5-9-18(2,3)10-12-20/h15-17H,4-14,19H2,1-3H3. The van der Waals surface area contributed by atoms with Gasteiger partial charge in [-0.1, -0.05) is 33.6 Å². The topological polar surface area (TPSA) is 29.3 Å². The fourth-order valence-electron chi connectivity index (χ4n) is 4.26. The van der Waals surface area contributed by atoms with Crippen LogP contribution in [0.4, 0.5) is 0 Å². The van der Waals surface area contributed by atoms with Gasteiger partial charge in [0, 0.05) is 12.6 Å². The van der Waals surface area contributed by atoms with E-state index in [0.29, 0.717) is 11.5 Å². The summed E-state index contributed by atoms with van der Waals surface area (Å²) in [5.41, 5.74) is 6.97. The van der Waals surface area contributed by atoms with Gasteiger partial charge in [-0.25, -0.2) is 0 Å². The van der Waals surface area contributed by atoms with Crippen LogP contribution in [0.25, 0.3) is 0 Å². The average Bonchev–Trinajstić information content (AvgIpc) is 2.55. The molecule has 0 aromatic carbocycles. The highest BCUT2D eigenvalue weighted by Gasteiger charge is 2.30. The van der Waals surface area contributed by atoms with Gasteiger partial charge >= 0.3 is 0 Å². The zero-order valence-corrected chi connectivity index (χ0v) is 14.0. The molecule has 0 aromatic heterocycles. The van der Waals surface area contributed by atoms with Gasteiger partial charge < -0.3 is 10.6 Å². The summed E-state index contributed by atoms with van der Waals surface area (Å²) in [5.74, 6) is 1.70. The molecule has 0 spiro atoms. The van der Waals surface area contributed by atoms with Gasteiger partial charge in [-0.05, 0) is 68.9 Å². The first-order valence-corrected chi connectivity index (χ1v) is 8.98. The zero-order chi connectivity index (χ0) is 14.6. The molecule has 2 fully saturated rings. The Bertz CT molecular complexity index is 287. The molecule has 1 aliphatic carbocycles. The normalized spacial score (nSPS) is 35.7. The molecule has 1 saturated carbocycles. The Kier molecular flexibility index (Phi) is 5.92. The third-order valence-electron chi connectivity index (χ3n) is 5.77. The van der Waals surface area contributed by atoms with Gasteiger partial charge in [0.05, 0.1) is 0 Å². The van der Waals surface area contributed by atoms with E-state index in [1.807, 2.05) is 0 Å². The molecule has 2 N–H and O–H groups in total. The molecule has 2 heteroatoms. The van der Waals surface area contributed by atoms with Gasteiger partial charge in [-0.3, -0.25) is 0 Å². The molecule has 3 unspecified atom stereocenters. The lowest BCUT2D eigenvalue weighted by molar-refractivity contribution is 0.151. The molecule has 2 nitrogen and oxygen atoms in total. The summed E-state index contributed by atoms with van der Waals surface area (Å²) in [5, 5.41) is 0. The zero-order valence-electron chi connectivity index (χ0n) is 14.0. The number of nitrogens with two attached hydrogens (primary N) is 1. The molecular weight excluding hydrogens is 244 g/mol. The molecule has 2 aliphatic rings. The van der Waals surface area contributed by atoms with Crippen LogP contribution in [-0.2, 0) is 0 Å². The summed E-state index contributed by atoms with van der Waals surface area (Å²) in [6, 6.07) is 0.458. The van der Waals surface area contributed by atoms with Crippen LogP contribution in [0.2, 0.25) is 0 Å². The summed E-state index contributed by atoms with van der Waals surface area (Å²) >= 11 is 0. The van der Waals surface area contributed by atoms with Crippen molar-refractivity contribution < 1.29 is 0 Å². The highest BCUT2D eigenvalue weighted by molar-refractivity contribution is 4.86. The molecule has 2 rings (SSSR count). The first-order valence-electron chi connectivity index (χ1n) is 8.98. The maximum Gasteiger partial charge on any atom is 0.00795 e. The van der Waals surface area contributed by atoms with Gasteiger partial charge in [0.2, 0.25) is 0 Å². The lowest BCUT2D eigenvalue weighted by Gasteiger charge is -2.37. The van der Waals surface area contributed by atoms with E-state index in [1.165, 1.54) is 71.0 Å². The lowest BCUT2D eigenvalue weighted by Crippen LogP contribution is -2.43. The number of hydrogen-bond acceptors (Lipinski definition) is 2. The summed E-state index contributed by atoms with van der Waals surface area (Å²) in [7, 11) is 0. The van der Waals surface area contributed by atoms with Crippen LogP contribution < -0.4 is 5.73 Å². The summed E-state index contributed by atoms with van der Waals surface area (Å²) in [6.45, 7) is 11.0. The van der Waals surface area contributed by atoms with Crippen molar-refractivity contribution in [1.82, 2.24) is 4.90 Å². The van der Waals surface area contributed by atoms with Crippen LogP contribution in [0, 0.1) is 17.3 Å². The highest BCUT2D eigenvalue weighted by atomic mass is 15.1. The van der Waals surface area contributed by atoms with E-state index < -0.39 is 0 Å². The van der Waals surface area contributed by atoms with Crippen molar-refractivity contribution in [2.45, 2.75) is 78.2 Å². The Labute approximate surface area is 126 Å². The first kappa shape index (κ1) is 16.3. The Hall–Kier alpha value is -0.0800. The third kappa shape index (κ3) is 4.73. The van der Waals surface area contributed by atoms with Crippen molar-refractivity contribution in [3.63, 3.8) is 0 Å². The fraction of sp³-hybridized carbons (Fsp3) is 1.00. The Morgan fingerprint density at radius 2 is 1.95 bits per heavy atom. The van der Waals surface area contributed by atoms with Crippen LogP contribution >= 0.6 is 0 Å². The lowest BCUT2D eigenvalue weighted by atomic mass is 9.76. The molecule has 20 heavy (non-hydrogen) atoms. The first-order chi connectivity index (χ1) is 9.50. The molecule has 0 radical (unpaired) electrons. The minimum absolute atomic E-state index is 0.458. The highest BCUT2D eigenvalue weighted by Crippen LogP contribution is 2.34. The Balaban J connectivity index is 1.84. The van der Waals surface area contributed by atoms with E-state index in [4.69, 9.17) is 5.73 Å². The van der Waals surface area contributed by atoms with Gasteiger partial charge in [0.1, 0.15) is 0 Å². The Morgan fingerprint density at radius 3 is 2.70 bits per heavy atom. The maximum atomic E-state index is 6.42. The van der Waals surface area contributed by atoms with E-state index in [2.05, 4.69) is 25.7 Å². The second kappa shape index (κ2) is 7.26. The predicted molar refractivity (Wildman–Crippen MR) is 87.8 cm³/mol. The molecule has 118 valence electrons. The molecule has 1 heterocycles. The smallest absolute Gasteiger partial charge is 0.00795 e. The number of nitrogens with zero attached hydrogens (tertiary/aromatic N) is 1. The van der Waals surface area contributed by atoms with Crippen LogP contribution in [-0.4, -0.2) is 30.6 Å². The van der Waals surface area contributed by atoms with Crippen molar-refractivity contribution >= 4 is 0 Å². The van der Waals surface area contributed by atoms with E-state index in [0.717, 1.165) is 11.8 Å². The molecule has 0 bridgehead atoms. The molecule has 1 aliphatic heterocycles. The van der Waals surface area contributed by atoms with E-state index >= 15 is 0 Å². The second-order valence-electron chi connectivity index (χ2n) is 8.21. The number of rotatable bonds is 4. The third-order valence-corrected chi connectivity index (χ3v) is 5.77.